The molecular weight excluding hydrogens is 216 g/mol. The number of amides is 1. The summed E-state index contributed by atoms with van der Waals surface area (Å²) in [7, 11) is 0. The largest absolute Gasteiger partial charge is 0.392 e. The van der Waals surface area contributed by atoms with Gasteiger partial charge in [0.05, 0.1) is 6.61 Å². The number of rotatable bonds is 6. The van der Waals surface area contributed by atoms with Gasteiger partial charge in [-0.05, 0) is 17.5 Å². The van der Waals surface area contributed by atoms with Gasteiger partial charge in [-0.1, -0.05) is 31.2 Å². The topological polar surface area (TPSA) is 75.4 Å². The van der Waals surface area contributed by atoms with Crippen molar-refractivity contribution in [2.24, 2.45) is 5.73 Å². The Kier molecular flexibility index (Phi) is 5.66. The zero-order chi connectivity index (χ0) is 12.7. The zero-order valence-electron chi connectivity index (χ0n) is 10.1. The van der Waals surface area contributed by atoms with Crippen LogP contribution in [-0.2, 0) is 17.9 Å². The summed E-state index contributed by atoms with van der Waals surface area (Å²) in [6.07, 6.45) is 1.16. The quantitative estimate of drug-likeness (QED) is 0.687. The second-order valence-electron chi connectivity index (χ2n) is 4.13. The highest BCUT2D eigenvalue weighted by Gasteiger charge is 2.06. The standard InChI is InChI=1S/C13H20N2O2/c1-2-12(14)7-13(17)15-8-10-4-3-5-11(6-10)9-16/h3-6,12,16H,2,7-9,14H2,1H3,(H,15,17). The van der Waals surface area contributed by atoms with Crippen LogP contribution in [0, 0.1) is 0 Å². The van der Waals surface area contributed by atoms with Gasteiger partial charge in [-0.3, -0.25) is 4.79 Å². The maximum absolute atomic E-state index is 11.5. The Morgan fingerprint density at radius 3 is 2.82 bits per heavy atom. The van der Waals surface area contributed by atoms with E-state index >= 15 is 0 Å². The molecule has 1 unspecified atom stereocenters. The van der Waals surface area contributed by atoms with Crippen LogP contribution in [0.25, 0.3) is 0 Å². The molecule has 17 heavy (non-hydrogen) atoms. The van der Waals surface area contributed by atoms with Gasteiger partial charge >= 0.3 is 0 Å². The molecule has 4 heteroatoms. The number of hydrogen-bond donors (Lipinski definition) is 3. The van der Waals surface area contributed by atoms with E-state index in [4.69, 9.17) is 10.8 Å². The van der Waals surface area contributed by atoms with Crippen LogP contribution in [-0.4, -0.2) is 17.1 Å². The molecule has 0 aliphatic heterocycles. The molecule has 0 aliphatic rings. The first-order valence-electron chi connectivity index (χ1n) is 5.86. The fraction of sp³-hybridized carbons (Fsp3) is 0.462. The molecule has 1 aromatic rings. The van der Waals surface area contributed by atoms with Gasteiger partial charge in [0.1, 0.15) is 0 Å². The Morgan fingerprint density at radius 2 is 2.18 bits per heavy atom. The van der Waals surface area contributed by atoms with Crippen LogP contribution < -0.4 is 11.1 Å². The van der Waals surface area contributed by atoms with Crippen molar-refractivity contribution in [3.63, 3.8) is 0 Å². The second-order valence-corrected chi connectivity index (χ2v) is 4.13. The van der Waals surface area contributed by atoms with Gasteiger partial charge in [-0.25, -0.2) is 0 Å². The van der Waals surface area contributed by atoms with Crippen LogP contribution in [0.5, 0.6) is 0 Å². The highest BCUT2D eigenvalue weighted by molar-refractivity contribution is 5.76. The van der Waals surface area contributed by atoms with Crippen molar-refractivity contribution in [3.05, 3.63) is 35.4 Å². The average Bonchev–Trinajstić information content (AvgIpc) is 2.36. The molecule has 0 aromatic heterocycles. The van der Waals surface area contributed by atoms with E-state index in [9.17, 15) is 4.79 Å². The molecule has 0 aliphatic carbocycles. The third-order valence-electron chi connectivity index (χ3n) is 2.64. The van der Waals surface area contributed by atoms with E-state index in [0.29, 0.717) is 13.0 Å². The van der Waals surface area contributed by atoms with Crippen molar-refractivity contribution in [1.82, 2.24) is 5.32 Å². The van der Waals surface area contributed by atoms with Crippen molar-refractivity contribution >= 4 is 5.91 Å². The highest BCUT2D eigenvalue weighted by Crippen LogP contribution is 2.05. The molecule has 0 saturated carbocycles. The lowest BCUT2D eigenvalue weighted by atomic mass is 10.1. The maximum atomic E-state index is 11.5. The molecule has 4 N–H and O–H groups in total. The Hall–Kier alpha value is -1.39. The summed E-state index contributed by atoms with van der Waals surface area (Å²) in [5.74, 6) is -0.0336. The molecule has 4 nitrogen and oxygen atoms in total. The number of aliphatic hydroxyl groups excluding tert-OH is 1. The number of carbonyl (C=O) groups excluding carboxylic acids is 1. The first-order chi connectivity index (χ1) is 8.15. The van der Waals surface area contributed by atoms with Crippen molar-refractivity contribution < 1.29 is 9.90 Å². The number of aliphatic hydroxyl groups is 1. The molecule has 1 amide bonds. The molecule has 0 radical (unpaired) electrons. The Balaban J connectivity index is 2.41. The molecule has 94 valence electrons. The van der Waals surface area contributed by atoms with Crippen LogP contribution >= 0.6 is 0 Å². The molecule has 0 fully saturated rings. The van der Waals surface area contributed by atoms with Crippen LogP contribution in [0.2, 0.25) is 0 Å². The summed E-state index contributed by atoms with van der Waals surface area (Å²) in [5, 5.41) is 11.8. The summed E-state index contributed by atoms with van der Waals surface area (Å²) in [6.45, 7) is 2.45. The smallest absolute Gasteiger partial charge is 0.221 e. The Morgan fingerprint density at radius 1 is 1.47 bits per heavy atom. The van der Waals surface area contributed by atoms with Gasteiger partial charge in [0.15, 0.2) is 0 Å². The lowest BCUT2D eigenvalue weighted by Crippen LogP contribution is -2.30. The Bertz CT molecular complexity index is 366. The van der Waals surface area contributed by atoms with Crippen LogP contribution in [0.1, 0.15) is 30.9 Å². The van der Waals surface area contributed by atoms with Gasteiger partial charge in [0.25, 0.3) is 0 Å². The third-order valence-corrected chi connectivity index (χ3v) is 2.64. The SMILES string of the molecule is CCC(N)CC(=O)NCc1cccc(CO)c1. The summed E-state index contributed by atoms with van der Waals surface area (Å²) in [6, 6.07) is 7.43. The van der Waals surface area contributed by atoms with Crippen LogP contribution in [0.15, 0.2) is 24.3 Å². The second kappa shape index (κ2) is 7.04. The molecule has 1 rings (SSSR count). The summed E-state index contributed by atoms with van der Waals surface area (Å²) in [5.41, 5.74) is 7.53. The molecule has 0 bridgehead atoms. The van der Waals surface area contributed by atoms with Crippen molar-refractivity contribution in [2.45, 2.75) is 39.0 Å². The molecular formula is C13H20N2O2. The van der Waals surface area contributed by atoms with E-state index in [1.54, 1.807) is 0 Å². The summed E-state index contributed by atoms with van der Waals surface area (Å²) in [4.78, 5) is 11.5. The van der Waals surface area contributed by atoms with Gasteiger partial charge in [0.2, 0.25) is 5.91 Å². The van der Waals surface area contributed by atoms with Crippen LogP contribution in [0.4, 0.5) is 0 Å². The van der Waals surface area contributed by atoms with E-state index in [2.05, 4.69) is 5.32 Å². The van der Waals surface area contributed by atoms with Crippen molar-refractivity contribution in [2.75, 3.05) is 0 Å². The first kappa shape index (κ1) is 13.7. The fourth-order valence-electron chi connectivity index (χ4n) is 1.49. The van der Waals surface area contributed by atoms with Gasteiger partial charge < -0.3 is 16.2 Å². The minimum Gasteiger partial charge on any atom is -0.392 e. The van der Waals surface area contributed by atoms with E-state index in [0.717, 1.165) is 17.5 Å². The summed E-state index contributed by atoms with van der Waals surface area (Å²) < 4.78 is 0. The van der Waals surface area contributed by atoms with Crippen molar-refractivity contribution in [3.8, 4) is 0 Å². The normalized spacial score (nSPS) is 12.2. The van der Waals surface area contributed by atoms with E-state index in [1.165, 1.54) is 0 Å². The van der Waals surface area contributed by atoms with Gasteiger partial charge in [0, 0.05) is 19.0 Å². The first-order valence-corrected chi connectivity index (χ1v) is 5.86. The number of nitrogens with one attached hydrogen (secondary N) is 1. The monoisotopic (exact) mass is 236 g/mol. The number of benzene rings is 1. The number of nitrogens with two attached hydrogens (primary N) is 1. The Labute approximate surface area is 102 Å². The zero-order valence-corrected chi connectivity index (χ0v) is 10.1. The highest BCUT2D eigenvalue weighted by atomic mass is 16.3. The van der Waals surface area contributed by atoms with Crippen molar-refractivity contribution in [1.29, 1.82) is 0 Å². The number of carbonyl (C=O) groups is 1. The maximum Gasteiger partial charge on any atom is 0.221 e. The van der Waals surface area contributed by atoms with Gasteiger partial charge in [-0.2, -0.15) is 0 Å². The predicted molar refractivity (Wildman–Crippen MR) is 67.1 cm³/mol. The lowest BCUT2D eigenvalue weighted by molar-refractivity contribution is -0.121. The predicted octanol–water partition coefficient (Wildman–Crippen LogP) is 0.922. The van der Waals surface area contributed by atoms with E-state index in [1.807, 2.05) is 31.2 Å². The minimum absolute atomic E-state index is 0.0164. The molecule has 0 saturated heterocycles. The summed E-state index contributed by atoms with van der Waals surface area (Å²) >= 11 is 0. The molecule has 0 heterocycles. The minimum atomic E-state index is -0.0706. The average molecular weight is 236 g/mol. The molecule has 0 spiro atoms. The lowest BCUT2D eigenvalue weighted by Gasteiger charge is -2.09. The van der Waals surface area contributed by atoms with E-state index < -0.39 is 0 Å². The number of hydrogen-bond acceptors (Lipinski definition) is 3. The fourth-order valence-corrected chi connectivity index (χ4v) is 1.49. The van der Waals surface area contributed by atoms with Gasteiger partial charge in [-0.15, -0.1) is 0 Å². The molecule has 1 atom stereocenters. The third kappa shape index (κ3) is 4.97. The molecule has 1 aromatic carbocycles. The van der Waals surface area contributed by atoms with Crippen LogP contribution in [0.3, 0.4) is 0 Å². The van der Waals surface area contributed by atoms with E-state index in [-0.39, 0.29) is 18.6 Å².